The monoisotopic (exact) mass is 353 g/mol. The predicted octanol–water partition coefficient (Wildman–Crippen LogP) is 2.38. The molecule has 0 aliphatic heterocycles. The Balaban J connectivity index is 1.85. The van der Waals surface area contributed by atoms with Crippen LogP contribution in [0.3, 0.4) is 0 Å². The van der Waals surface area contributed by atoms with Crippen LogP contribution in [0.25, 0.3) is 22.4 Å². The fourth-order valence-electron chi connectivity index (χ4n) is 2.72. The largest absolute Gasteiger partial charge is 0.399 e. The molecular weight excluding hydrogens is 340 g/mol. The predicted molar refractivity (Wildman–Crippen MR) is 92.8 cm³/mol. The van der Waals surface area contributed by atoms with Gasteiger partial charge in [-0.3, -0.25) is 4.98 Å². The smallest absolute Gasteiger partial charge is 0.222 e. The van der Waals surface area contributed by atoms with Gasteiger partial charge in [-0.05, 0) is 24.3 Å². The number of hydrogen-bond donors (Lipinski definition) is 2. The Morgan fingerprint density at radius 3 is 2.54 bits per heavy atom. The van der Waals surface area contributed by atoms with Crippen molar-refractivity contribution < 1.29 is 8.78 Å². The van der Waals surface area contributed by atoms with E-state index in [4.69, 9.17) is 11.5 Å². The number of nitrogens with two attached hydrogens (primary N) is 2. The highest BCUT2D eigenvalue weighted by molar-refractivity contribution is 5.88. The third kappa shape index (κ3) is 2.69. The molecule has 0 atom stereocenters. The van der Waals surface area contributed by atoms with E-state index in [0.29, 0.717) is 22.4 Å². The summed E-state index contributed by atoms with van der Waals surface area (Å²) in [6, 6.07) is 5.71. The lowest BCUT2D eigenvalue weighted by Crippen LogP contribution is -2.07. The van der Waals surface area contributed by atoms with Crippen molar-refractivity contribution in [2.75, 3.05) is 11.5 Å². The van der Waals surface area contributed by atoms with Gasteiger partial charge in [-0.1, -0.05) is 0 Å². The van der Waals surface area contributed by atoms with Crippen LogP contribution in [0.1, 0.15) is 5.56 Å². The van der Waals surface area contributed by atoms with Crippen LogP contribution in [0.15, 0.2) is 43.0 Å². The van der Waals surface area contributed by atoms with Crippen molar-refractivity contribution in [3.8, 4) is 11.3 Å². The Labute approximate surface area is 146 Å². The normalized spacial score (nSPS) is 11.2. The quantitative estimate of drug-likeness (QED) is 0.548. The van der Waals surface area contributed by atoms with Crippen LogP contribution in [-0.2, 0) is 6.54 Å². The standard InChI is InChI=1S/C17H13F2N7/c18-12-4-10(20)5-13(19)11(12)7-26-8-23-15-14(9-2-1-3-22-6-9)24-17(21)25-16(15)26/h1-6,8H,7,20H2,(H2,21,24,25). The zero-order valence-electron chi connectivity index (χ0n) is 13.4. The third-order valence-corrected chi connectivity index (χ3v) is 3.91. The van der Waals surface area contributed by atoms with Gasteiger partial charge >= 0.3 is 0 Å². The van der Waals surface area contributed by atoms with E-state index in [1.807, 2.05) is 6.07 Å². The van der Waals surface area contributed by atoms with Crippen LogP contribution in [0, 0.1) is 11.6 Å². The number of fused-ring (bicyclic) bond motifs is 1. The molecule has 7 nitrogen and oxygen atoms in total. The van der Waals surface area contributed by atoms with E-state index in [9.17, 15) is 8.78 Å². The molecule has 4 N–H and O–H groups in total. The fraction of sp³-hybridized carbons (Fsp3) is 0.0588. The molecule has 0 spiro atoms. The van der Waals surface area contributed by atoms with Crippen LogP contribution in [0.4, 0.5) is 20.4 Å². The van der Waals surface area contributed by atoms with Gasteiger partial charge in [0.15, 0.2) is 5.65 Å². The maximum Gasteiger partial charge on any atom is 0.222 e. The molecule has 130 valence electrons. The number of rotatable bonds is 3. The van der Waals surface area contributed by atoms with Crippen LogP contribution in [0.2, 0.25) is 0 Å². The number of halogens is 2. The Morgan fingerprint density at radius 2 is 1.85 bits per heavy atom. The second-order valence-corrected chi connectivity index (χ2v) is 5.68. The SMILES string of the molecule is Nc1cc(F)c(Cn2cnc3c(-c4cccnc4)nc(N)nc32)c(F)c1. The molecule has 0 fully saturated rings. The first-order valence-corrected chi connectivity index (χ1v) is 7.65. The lowest BCUT2D eigenvalue weighted by atomic mass is 10.1. The van der Waals surface area contributed by atoms with Crippen molar-refractivity contribution in [2.45, 2.75) is 6.54 Å². The van der Waals surface area contributed by atoms with E-state index in [1.54, 1.807) is 18.5 Å². The highest BCUT2D eigenvalue weighted by Crippen LogP contribution is 2.26. The van der Waals surface area contributed by atoms with E-state index in [0.717, 1.165) is 12.1 Å². The first kappa shape index (κ1) is 15.9. The Morgan fingerprint density at radius 1 is 1.08 bits per heavy atom. The summed E-state index contributed by atoms with van der Waals surface area (Å²) in [5.41, 5.74) is 13.2. The zero-order chi connectivity index (χ0) is 18.3. The van der Waals surface area contributed by atoms with Crippen molar-refractivity contribution in [1.29, 1.82) is 0 Å². The summed E-state index contributed by atoms with van der Waals surface area (Å²) in [7, 11) is 0. The molecule has 1 aromatic carbocycles. The lowest BCUT2D eigenvalue weighted by Gasteiger charge is -2.09. The molecule has 0 radical (unpaired) electrons. The molecule has 0 aliphatic rings. The van der Waals surface area contributed by atoms with E-state index >= 15 is 0 Å². The van der Waals surface area contributed by atoms with Crippen LogP contribution in [0.5, 0.6) is 0 Å². The highest BCUT2D eigenvalue weighted by Gasteiger charge is 2.17. The summed E-state index contributed by atoms with van der Waals surface area (Å²) >= 11 is 0. The van der Waals surface area contributed by atoms with Crippen LogP contribution in [-0.4, -0.2) is 24.5 Å². The summed E-state index contributed by atoms with van der Waals surface area (Å²) < 4.78 is 29.7. The van der Waals surface area contributed by atoms with Crippen molar-refractivity contribution >= 4 is 22.8 Å². The Hall–Kier alpha value is -3.62. The van der Waals surface area contributed by atoms with E-state index in [1.165, 1.54) is 10.9 Å². The number of aromatic nitrogens is 5. The van der Waals surface area contributed by atoms with Crippen molar-refractivity contribution in [3.63, 3.8) is 0 Å². The number of hydrogen-bond acceptors (Lipinski definition) is 6. The van der Waals surface area contributed by atoms with Crippen LogP contribution < -0.4 is 11.5 Å². The van der Waals surface area contributed by atoms with Gasteiger partial charge in [0.1, 0.15) is 22.8 Å². The van der Waals surface area contributed by atoms with Gasteiger partial charge in [0, 0.05) is 29.2 Å². The maximum atomic E-state index is 14.1. The van der Waals surface area contributed by atoms with E-state index in [2.05, 4.69) is 19.9 Å². The van der Waals surface area contributed by atoms with Gasteiger partial charge in [0.05, 0.1) is 12.9 Å². The fourth-order valence-corrected chi connectivity index (χ4v) is 2.72. The number of nitrogens with zero attached hydrogens (tertiary/aromatic N) is 5. The van der Waals surface area contributed by atoms with Crippen LogP contribution >= 0.6 is 0 Å². The van der Waals surface area contributed by atoms with Gasteiger partial charge in [0.25, 0.3) is 0 Å². The van der Waals surface area contributed by atoms with E-state index < -0.39 is 11.6 Å². The molecule has 9 heteroatoms. The highest BCUT2D eigenvalue weighted by atomic mass is 19.1. The number of imidazole rings is 1. The first-order valence-electron chi connectivity index (χ1n) is 7.65. The average molecular weight is 353 g/mol. The minimum Gasteiger partial charge on any atom is -0.399 e. The number of benzene rings is 1. The van der Waals surface area contributed by atoms with Gasteiger partial charge < -0.3 is 16.0 Å². The second-order valence-electron chi connectivity index (χ2n) is 5.68. The maximum absolute atomic E-state index is 14.1. The molecular formula is C17H13F2N7. The third-order valence-electron chi connectivity index (χ3n) is 3.91. The minimum absolute atomic E-state index is 0.0182. The summed E-state index contributed by atoms with van der Waals surface area (Å²) in [4.78, 5) is 16.7. The molecule has 26 heavy (non-hydrogen) atoms. The summed E-state index contributed by atoms with van der Waals surface area (Å²) in [5, 5.41) is 0. The summed E-state index contributed by atoms with van der Waals surface area (Å²) in [6.45, 7) is -0.114. The average Bonchev–Trinajstić information content (AvgIpc) is 3.00. The minimum atomic E-state index is -0.737. The molecule has 3 aromatic heterocycles. The molecule has 0 aliphatic carbocycles. The van der Waals surface area contributed by atoms with Gasteiger partial charge in [-0.15, -0.1) is 0 Å². The Kier molecular flexibility index (Phi) is 3.68. The molecule has 4 rings (SSSR count). The molecule has 0 saturated carbocycles. The molecule has 0 amide bonds. The number of nitrogen functional groups attached to an aromatic ring is 2. The molecule has 0 unspecified atom stereocenters. The molecule has 0 bridgehead atoms. The number of anilines is 2. The number of pyridine rings is 1. The van der Waals surface area contributed by atoms with Crippen molar-refractivity contribution in [3.05, 3.63) is 60.2 Å². The van der Waals surface area contributed by atoms with Crippen molar-refractivity contribution in [1.82, 2.24) is 24.5 Å². The molecule has 4 aromatic rings. The van der Waals surface area contributed by atoms with E-state index in [-0.39, 0.29) is 23.7 Å². The first-order chi connectivity index (χ1) is 12.5. The van der Waals surface area contributed by atoms with Gasteiger partial charge in [0.2, 0.25) is 5.95 Å². The lowest BCUT2D eigenvalue weighted by molar-refractivity contribution is 0.547. The van der Waals surface area contributed by atoms with Crippen molar-refractivity contribution in [2.24, 2.45) is 0 Å². The topological polar surface area (TPSA) is 109 Å². The summed E-state index contributed by atoms with van der Waals surface area (Å²) in [5.74, 6) is -1.45. The second kappa shape index (κ2) is 6.03. The zero-order valence-corrected chi connectivity index (χ0v) is 13.4. The molecule has 3 heterocycles. The Bertz CT molecular complexity index is 1090. The van der Waals surface area contributed by atoms with Gasteiger partial charge in [-0.2, -0.15) is 4.98 Å². The molecule has 0 saturated heterocycles. The summed E-state index contributed by atoms with van der Waals surface area (Å²) in [6.07, 6.45) is 4.70. The van der Waals surface area contributed by atoms with Gasteiger partial charge in [-0.25, -0.2) is 18.7 Å².